The van der Waals surface area contributed by atoms with Crippen LogP contribution in [0.3, 0.4) is 0 Å². The summed E-state index contributed by atoms with van der Waals surface area (Å²) in [5.74, 6) is -0.576. The summed E-state index contributed by atoms with van der Waals surface area (Å²) in [4.78, 5) is 26.1. The average molecular weight is 854 g/mol. The number of amides is 1. The maximum absolute atomic E-state index is 13.2. The van der Waals surface area contributed by atoms with E-state index in [0.29, 0.717) is 19.3 Å². The highest BCUT2D eigenvalue weighted by Gasteiger charge is 2.23. The van der Waals surface area contributed by atoms with Crippen molar-refractivity contribution >= 4 is 11.9 Å². The van der Waals surface area contributed by atoms with Crippen molar-refractivity contribution in [3.05, 3.63) is 60.8 Å². The van der Waals surface area contributed by atoms with E-state index in [9.17, 15) is 19.8 Å². The largest absolute Gasteiger partial charge is 0.461 e. The van der Waals surface area contributed by atoms with E-state index >= 15 is 0 Å². The molecule has 6 heteroatoms. The molecule has 6 nitrogen and oxygen atoms in total. The van der Waals surface area contributed by atoms with E-state index in [2.05, 4.69) is 74.7 Å². The number of rotatable bonds is 46. The van der Waals surface area contributed by atoms with Crippen LogP contribution >= 0.6 is 0 Å². The van der Waals surface area contributed by atoms with Gasteiger partial charge in [0.2, 0.25) is 5.91 Å². The van der Waals surface area contributed by atoms with E-state index in [4.69, 9.17) is 4.74 Å². The summed E-state index contributed by atoms with van der Waals surface area (Å²) in [6, 6.07) is -0.731. The number of unbranched alkanes of at least 4 members (excludes halogenated alkanes) is 25. The van der Waals surface area contributed by atoms with E-state index < -0.39 is 18.2 Å². The van der Waals surface area contributed by atoms with Crippen LogP contribution in [-0.4, -0.2) is 46.9 Å². The Hall–Kier alpha value is -2.44. The molecule has 0 heterocycles. The molecule has 0 radical (unpaired) electrons. The third-order valence-corrected chi connectivity index (χ3v) is 11.6. The molecule has 354 valence electrons. The van der Waals surface area contributed by atoms with Crippen LogP contribution in [0, 0.1) is 0 Å². The smallest absolute Gasteiger partial charge is 0.306 e. The molecule has 0 rings (SSSR count). The minimum absolute atomic E-state index is 0.000570. The first kappa shape index (κ1) is 58.6. The molecular formula is C55H99NO5. The molecule has 1 amide bonds. The van der Waals surface area contributed by atoms with Gasteiger partial charge in [0.05, 0.1) is 25.2 Å². The number of hydrogen-bond donors (Lipinski definition) is 3. The van der Waals surface area contributed by atoms with Gasteiger partial charge in [-0.25, -0.2) is 0 Å². The summed E-state index contributed by atoms with van der Waals surface area (Å²) < 4.78 is 5.86. The highest BCUT2D eigenvalue weighted by Crippen LogP contribution is 2.17. The number of ether oxygens (including phenoxy) is 1. The van der Waals surface area contributed by atoms with Gasteiger partial charge in [-0.05, 0) is 44.9 Å². The van der Waals surface area contributed by atoms with Crippen LogP contribution in [0.5, 0.6) is 0 Å². The zero-order valence-electron chi connectivity index (χ0n) is 40.3. The zero-order valence-corrected chi connectivity index (χ0v) is 40.3. The second-order valence-electron chi connectivity index (χ2n) is 17.6. The van der Waals surface area contributed by atoms with Gasteiger partial charge in [0.15, 0.2) is 0 Å². The second kappa shape index (κ2) is 48.6. The van der Waals surface area contributed by atoms with Crippen LogP contribution in [-0.2, 0) is 14.3 Å². The van der Waals surface area contributed by atoms with Crippen molar-refractivity contribution in [3.8, 4) is 0 Å². The van der Waals surface area contributed by atoms with Gasteiger partial charge in [-0.1, -0.05) is 248 Å². The summed E-state index contributed by atoms with van der Waals surface area (Å²) in [6.45, 7) is 6.34. The first-order chi connectivity index (χ1) is 30.0. The van der Waals surface area contributed by atoms with Gasteiger partial charge in [0.1, 0.15) is 6.10 Å². The Morgan fingerprint density at radius 2 is 0.852 bits per heavy atom. The molecule has 0 bridgehead atoms. The van der Waals surface area contributed by atoms with Crippen molar-refractivity contribution in [2.75, 3.05) is 6.61 Å². The molecule has 0 aromatic rings. The van der Waals surface area contributed by atoms with Gasteiger partial charge >= 0.3 is 5.97 Å². The van der Waals surface area contributed by atoms with Crippen molar-refractivity contribution in [2.45, 2.75) is 270 Å². The second-order valence-corrected chi connectivity index (χ2v) is 17.6. The summed E-state index contributed by atoms with van der Waals surface area (Å²) in [7, 11) is 0. The molecule has 0 aliphatic heterocycles. The summed E-state index contributed by atoms with van der Waals surface area (Å²) in [6.07, 6.45) is 60.1. The van der Waals surface area contributed by atoms with Crippen LogP contribution in [0.2, 0.25) is 0 Å². The Morgan fingerprint density at radius 3 is 1.25 bits per heavy atom. The van der Waals surface area contributed by atoms with Crippen molar-refractivity contribution in [2.24, 2.45) is 0 Å². The summed E-state index contributed by atoms with van der Waals surface area (Å²) in [5.41, 5.74) is 0. The molecule has 3 N–H and O–H groups in total. The maximum atomic E-state index is 13.2. The Bertz CT molecular complexity index is 1090. The number of hydrogen-bond acceptors (Lipinski definition) is 5. The topological polar surface area (TPSA) is 95.9 Å². The highest BCUT2D eigenvalue weighted by molar-refractivity contribution is 5.77. The van der Waals surface area contributed by atoms with Gasteiger partial charge in [-0.15, -0.1) is 0 Å². The number of aliphatic hydroxyl groups excluding tert-OH is 2. The van der Waals surface area contributed by atoms with Crippen LogP contribution < -0.4 is 5.32 Å². The van der Waals surface area contributed by atoms with Crippen LogP contribution in [0.15, 0.2) is 60.8 Å². The van der Waals surface area contributed by atoms with Crippen molar-refractivity contribution in [3.63, 3.8) is 0 Å². The van der Waals surface area contributed by atoms with Crippen molar-refractivity contribution in [1.82, 2.24) is 5.32 Å². The molecule has 0 aliphatic carbocycles. The summed E-state index contributed by atoms with van der Waals surface area (Å²) in [5, 5.41) is 23.7. The van der Waals surface area contributed by atoms with Crippen molar-refractivity contribution in [1.29, 1.82) is 0 Å². The zero-order chi connectivity index (χ0) is 44.5. The lowest BCUT2D eigenvalue weighted by molar-refractivity contribution is -0.150. The van der Waals surface area contributed by atoms with Gasteiger partial charge in [0, 0.05) is 12.8 Å². The molecule has 0 saturated carbocycles. The van der Waals surface area contributed by atoms with E-state index in [0.717, 1.165) is 70.6 Å². The van der Waals surface area contributed by atoms with Gasteiger partial charge in [-0.2, -0.15) is 0 Å². The number of carbonyl (C=O) groups excluding carboxylic acids is 2. The fraction of sp³-hybridized carbons (Fsp3) is 0.782. The van der Waals surface area contributed by atoms with Crippen LogP contribution in [0.4, 0.5) is 0 Å². The fourth-order valence-corrected chi connectivity index (χ4v) is 7.69. The predicted octanol–water partition coefficient (Wildman–Crippen LogP) is 15.6. The SMILES string of the molecule is CC/C=C\C/C=C\C/C=C\C/C=C\C/C=C\CC(CC(=O)NC(CO)C(O)CCCCCCCCCCCCCCCCCC)OC(=O)CCCCCCCCCCCCC. The number of nitrogens with one attached hydrogen (secondary N) is 1. The molecular weight excluding hydrogens is 755 g/mol. The average Bonchev–Trinajstić information content (AvgIpc) is 3.25. The molecule has 0 saturated heterocycles. The lowest BCUT2D eigenvalue weighted by Gasteiger charge is -2.24. The minimum atomic E-state index is -0.811. The Kier molecular flexibility index (Phi) is 46.6. The number of carbonyl (C=O) groups is 2. The van der Waals surface area contributed by atoms with E-state index in [1.165, 1.54) is 135 Å². The standard InChI is InChI=1S/C55H99NO5/c1-4-7-10-13-16-19-22-24-26-28-30-33-35-38-41-44-47-53(58)52(50-57)56-54(59)49-51(61-55(60)48-45-42-39-36-31-21-18-15-12-9-6-3)46-43-40-37-34-32-29-27-25-23-20-17-14-11-8-5-2/h8,11,17,20,25,27,32,34,40,43,51-53,57-58H,4-7,9-10,12-16,18-19,21-24,26,28-31,33,35-39,41-42,44-50H2,1-3H3,(H,56,59)/b11-8-,20-17-,27-25-,34-32-,43-40-. The van der Waals surface area contributed by atoms with E-state index in [-0.39, 0.29) is 24.9 Å². The first-order valence-electron chi connectivity index (χ1n) is 26.0. The Labute approximate surface area is 378 Å². The third-order valence-electron chi connectivity index (χ3n) is 11.6. The first-order valence-corrected chi connectivity index (χ1v) is 26.0. The maximum Gasteiger partial charge on any atom is 0.306 e. The van der Waals surface area contributed by atoms with Crippen LogP contribution in [0.1, 0.15) is 252 Å². The molecule has 0 fully saturated rings. The summed E-state index contributed by atoms with van der Waals surface area (Å²) >= 11 is 0. The van der Waals surface area contributed by atoms with E-state index in [1.54, 1.807) is 0 Å². The fourth-order valence-electron chi connectivity index (χ4n) is 7.69. The lowest BCUT2D eigenvalue weighted by Crippen LogP contribution is -2.46. The molecule has 3 atom stereocenters. The number of allylic oxidation sites excluding steroid dienone is 9. The van der Waals surface area contributed by atoms with Crippen molar-refractivity contribution < 1.29 is 24.5 Å². The third kappa shape index (κ3) is 44.0. The predicted molar refractivity (Wildman–Crippen MR) is 264 cm³/mol. The van der Waals surface area contributed by atoms with E-state index in [1.807, 2.05) is 12.2 Å². The molecule has 61 heavy (non-hydrogen) atoms. The molecule has 0 aliphatic rings. The normalized spacial score (nSPS) is 13.7. The van der Waals surface area contributed by atoms with Crippen LogP contribution in [0.25, 0.3) is 0 Å². The quantitative estimate of drug-likeness (QED) is 0.0322. The lowest BCUT2D eigenvalue weighted by atomic mass is 10.0. The van der Waals surface area contributed by atoms with Gasteiger partial charge in [0.25, 0.3) is 0 Å². The number of aliphatic hydroxyl groups is 2. The minimum Gasteiger partial charge on any atom is -0.461 e. The number of esters is 1. The van der Waals surface area contributed by atoms with Gasteiger partial charge in [-0.3, -0.25) is 9.59 Å². The Morgan fingerprint density at radius 1 is 0.492 bits per heavy atom. The molecule has 0 spiro atoms. The molecule has 0 aromatic heterocycles. The monoisotopic (exact) mass is 854 g/mol. The Balaban J connectivity index is 4.65. The van der Waals surface area contributed by atoms with Gasteiger partial charge < -0.3 is 20.3 Å². The highest BCUT2D eigenvalue weighted by atomic mass is 16.5. The molecule has 3 unspecified atom stereocenters. The molecule has 0 aromatic carbocycles.